The van der Waals surface area contributed by atoms with Gasteiger partial charge in [0.25, 0.3) is 0 Å². The van der Waals surface area contributed by atoms with Crippen molar-refractivity contribution >= 4 is 18.3 Å². The molecule has 0 aromatic heterocycles. The van der Waals surface area contributed by atoms with Crippen molar-refractivity contribution < 1.29 is 4.79 Å². The Hall–Kier alpha value is -0.280. The molecule has 0 radical (unpaired) electrons. The van der Waals surface area contributed by atoms with E-state index in [0.29, 0.717) is 12.0 Å². The Balaban J connectivity index is 0.00000144. The predicted octanol–water partition coefficient (Wildman–Crippen LogP) is 2.25. The molecule has 1 saturated carbocycles. The summed E-state index contributed by atoms with van der Waals surface area (Å²) < 4.78 is 0. The lowest BCUT2D eigenvalue weighted by Crippen LogP contribution is -2.50. The van der Waals surface area contributed by atoms with E-state index in [-0.39, 0.29) is 24.4 Å². The molecule has 17 heavy (non-hydrogen) atoms. The van der Waals surface area contributed by atoms with Gasteiger partial charge in [-0.05, 0) is 45.1 Å². The normalized spacial score (nSPS) is 27.2. The second-order valence-corrected chi connectivity index (χ2v) is 5.34. The third-order valence-corrected chi connectivity index (χ3v) is 4.10. The van der Waals surface area contributed by atoms with Gasteiger partial charge in [-0.15, -0.1) is 12.4 Å². The zero-order valence-electron chi connectivity index (χ0n) is 10.7. The van der Waals surface area contributed by atoms with Gasteiger partial charge in [0, 0.05) is 6.04 Å². The molecule has 1 heterocycles. The van der Waals surface area contributed by atoms with Crippen LogP contribution in [0.15, 0.2) is 0 Å². The highest BCUT2D eigenvalue weighted by Gasteiger charge is 2.26. The van der Waals surface area contributed by atoms with Crippen LogP contribution in [0.25, 0.3) is 0 Å². The number of piperidine rings is 1. The quantitative estimate of drug-likeness (QED) is 0.817. The Bertz CT molecular complexity index is 236. The summed E-state index contributed by atoms with van der Waals surface area (Å²) in [5.41, 5.74) is 0. The first-order valence-electron chi connectivity index (χ1n) is 6.81. The number of hydrogen-bond acceptors (Lipinski definition) is 2. The monoisotopic (exact) mass is 260 g/mol. The van der Waals surface area contributed by atoms with Crippen molar-refractivity contribution in [2.75, 3.05) is 6.54 Å². The van der Waals surface area contributed by atoms with E-state index in [1.165, 1.54) is 38.5 Å². The predicted molar refractivity (Wildman–Crippen MR) is 72.5 cm³/mol. The molecule has 0 aromatic carbocycles. The van der Waals surface area contributed by atoms with Gasteiger partial charge < -0.3 is 10.6 Å². The Labute approximate surface area is 111 Å². The topological polar surface area (TPSA) is 41.1 Å². The van der Waals surface area contributed by atoms with Crippen molar-refractivity contribution in [2.24, 2.45) is 5.92 Å². The van der Waals surface area contributed by atoms with Gasteiger partial charge >= 0.3 is 0 Å². The van der Waals surface area contributed by atoms with E-state index in [2.05, 4.69) is 17.6 Å². The number of amides is 1. The molecule has 0 spiro atoms. The van der Waals surface area contributed by atoms with Gasteiger partial charge in [-0.1, -0.05) is 19.3 Å². The highest BCUT2D eigenvalue weighted by atomic mass is 35.5. The van der Waals surface area contributed by atoms with E-state index in [1.54, 1.807) is 0 Å². The van der Waals surface area contributed by atoms with Crippen molar-refractivity contribution in [1.29, 1.82) is 0 Å². The van der Waals surface area contributed by atoms with Gasteiger partial charge in [-0.2, -0.15) is 0 Å². The summed E-state index contributed by atoms with van der Waals surface area (Å²) in [5.74, 6) is 0.937. The van der Waals surface area contributed by atoms with Gasteiger partial charge in [-0.25, -0.2) is 0 Å². The average molecular weight is 261 g/mol. The third-order valence-electron chi connectivity index (χ3n) is 4.10. The fourth-order valence-electron chi connectivity index (χ4n) is 2.98. The fraction of sp³-hybridized carbons (Fsp3) is 0.923. The van der Waals surface area contributed by atoms with Crippen LogP contribution in [0.3, 0.4) is 0 Å². The zero-order valence-corrected chi connectivity index (χ0v) is 11.5. The Morgan fingerprint density at radius 2 is 1.82 bits per heavy atom. The van der Waals surface area contributed by atoms with Crippen LogP contribution in [0.4, 0.5) is 0 Å². The van der Waals surface area contributed by atoms with Crippen molar-refractivity contribution in [3.8, 4) is 0 Å². The molecule has 3 nitrogen and oxygen atoms in total. The zero-order chi connectivity index (χ0) is 11.4. The molecule has 1 aliphatic carbocycles. The molecule has 4 heteroatoms. The molecule has 100 valence electrons. The smallest absolute Gasteiger partial charge is 0.237 e. The Morgan fingerprint density at radius 1 is 1.18 bits per heavy atom. The lowest BCUT2D eigenvalue weighted by atomic mass is 9.98. The van der Waals surface area contributed by atoms with E-state index in [4.69, 9.17) is 0 Å². The van der Waals surface area contributed by atoms with E-state index < -0.39 is 0 Å². The summed E-state index contributed by atoms with van der Waals surface area (Å²) in [6.07, 6.45) is 8.66. The first kappa shape index (κ1) is 14.8. The van der Waals surface area contributed by atoms with E-state index in [0.717, 1.165) is 13.0 Å². The molecule has 2 atom stereocenters. The summed E-state index contributed by atoms with van der Waals surface area (Å²) in [6, 6.07) is 0.427. The second-order valence-electron chi connectivity index (χ2n) is 5.34. The second kappa shape index (κ2) is 7.22. The van der Waals surface area contributed by atoms with E-state index in [1.807, 2.05) is 0 Å². The number of rotatable bonds is 3. The van der Waals surface area contributed by atoms with Crippen LogP contribution < -0.4 is 10.6 Å². The van der Waals surface area contributed by atoms with Gasteiger partial charge in [-0.3, -0.25) is 4.79 Å². The summed E-state index contributed by atoms with van der Waals surface area (Å²) in [4.78, 5) is 12.0. The lowest BCUT2D eigenvalue weighted by Gasteiger charge is -2.26. The van der Waals surface area contributed by atoms with Crippen LogP contribution in [0, 0.1) is 5.92 Å². The summed E-state index contributed by atoms with van der Waals surface area (Å²) >= 11 is 0. The molecular formula is C13H25ClN2O. The van der Waals surface area contributed by atoms with Crippen LogP contribution >= 0.6 is 12.4 Å². The van der Waals surface area contributed by atoms with E-state index in [9.17, 15) is 4.79 Å². The Kier molecular flexibility index (Phi) is 6.28. The Morgan fingerprint density at radius 3 is 2.41 bits per heavy atom. The number of hydrogen-bond donors (Lipinski definition) is 2. The van der Waals surface area contributed by atoms with Gasteiger partial charge in [0.1, 0.15) is 0 Å². The molecule has 2 rings (SSSR count). The molecule has 0 aromatic rings. The highest BCUT2D eigenvalue weighted by molar-refractivity contribution is 5.85. The minimum atomic E-state index is 0. The standard InChI is InChI=1S/C13H24N2O.ClH/c1-10(11-6-2-3-7-11)15-13(16)12-8-4-5-9-14-12;/h10-12,14H,2-9H2,1H3,(H,15,16);1H/t10?,12-;/m1./s1. The van der Waals surface area contributed by atoms with Crippen LogP contribution in [-0.4, -0.2) is 24.5 Å². The average Bonchev–Trinajstić information content (AvgIpc) is 2.83. The minimum absolute atomic E-state index is 0. The van der Waals surface area contributed by atoms with Crippen LogP contribution in [-0.2, 0) is 4.79 Å². The number of nitrogens with one attached hydrogen (secondary N) is 2. The molecule has 2 fully saturated rings. The maximum atomic E-state index is 12.0. The molecule has 1 amide bonds. The van der Waals surface area contributed by atoms with Crippen molar-refractivity contribution in [2.45, 2.75) is 64.0 Å². The molecule has 2 N–H and O–H groups in total. The lowest BCUT2D eigenvalue weighted by molar-refractivity contribution is -0.124. The molecule has 1 saturated heterocycles. The summed E-state index contributed by atoms with van der Waals surface area (Å²) in [6.45, 7) is 3.16. The molecule has 1 aliphatic heterocycles. The van der Waals surface area contributed by atoms with Crippen LogP contribution in [0.5, 0.6) is 0 Å². The molecule has 0 bridgehead atoms. The third kappa shape index (κ3) is 4.14. The van der Waals surface area contributed by atoms with Gasteiger partial charge in [0.05, 0.1) is 6.04 Å². The molecule has 2 aliphatic rings. The summed E-state index contributed by atoms with van der Waals surface area (Å²) in [7, 11) is 0. The SMILES string of the molecule is CC(NC(=O)[C@H]1CCCCN1)C1CCCC1.Cl. The minimum Gasteiger partial charge on any atom is -0.352 e. The highest BCUT2D eigenvalue weighted by Crippen LogP contribution is 2.27. The van der Waals surface area contributed by atoms with Crippen LogP contribution in [0.2, 0.25) is 0 Å². The number of carbonyl (C=O) groups excluding carboxylic acids is 1. The molecule has 1 unspecified atom stereocenters. The maximum absolute atomic E-state index is 12.0. The first-order chi connectivity index (χ1) is 7.77. The van der Waals surface area contributed by atoms with Gasteiger partial charge in [0.15, 0.2) is 0 Å². The van der Waals surface area contributed by atoms with Crippen molar-refractivity contribution in [3.05, 3.63) is 0 Å². The molecular weight excluding hydrogens is 236 g/mol. The fourth-order valence-corrected chi connectivity index (χ4v) is 2.98. The van der Waals surface area contributed by atoms with Crippen molar-refractivity contribution in [3.63, 3.8) is 0 Å². The number of halogens is 1. The van der Waals surface area contributed by atoms with E-state index >= 15 is 0 Å². The number of carbonyl (C=O) groups is 1. The first-order valence-corrected chi connectivity index (χ1v) is 6.81. The van der Waals surface area contributed by atoms with Gasteiger partial charge in [0.2, 0.25) is 5.91 Å². The van der Waals surface area contributed by atoms with Crippen LogP contribution in [0.1, 0.15) is 51.9 Å². The maximum Gasteiger partial charge on any atom is 0.237 e. The largest absolute Gasteiger partial charge is 0.352 e. The summed E-state index contributed by atoms with van der Waals surface area (Å²) in [5, 5.41) is 6.49. The van der Waals surface area contributed by atoms with Crippen molar-refractivity contribution in [1.82, 2.24) is 10.6 Å².